The fourth-order valence-corrected chi connectivity index (χ4v) is 3.63. The van der Waals surface area contributed by atoms with Crippen LogP contribution in [0.5, 0.6) is 0 Å². The minimum absolute atomic E-state index is 0.0964. The molecule has 1 aliphatic rings. The van der Waals surface area contributed by atoms with Crippen molar-refractivity contribution in [3.63, 3.8) is 0 Å². The van der Waals surface area contributed by atoms with Crippen molar-refractivity contribution in [2.45, 2.75) is 25.3 Å². The van der Waals surface area contributed by atoms with E-state index in [0.717, 1.165) is 24.8 Å². The first-order chi connectivity index (χ1) is 13.7. The molecular weight excluding hydrogens is 376 g/mol. The number of hydrogen-bond acceptors (Lipinski definition) is 4. The van der Waals surface area contributed by atoms with Crippen LogP contribution in [0.3, 0.4) is 0 Å². The first kappa shape index (κ1) is 18.5. The fraction of sp³-hybridized carbons (Fsp3) is 0.286. The molecule has 0 unspecified atom stereocenters. The van der Waals surface area contributed by atoms with Crippen LogP contribution in [0.15, 0.2) is 59.1 Å². The van der Waals surface area contributed by atoms with E-state index < -0.39 is 0 Å². The third-order valence-corrected chi connectivity index (χ3v) is 5.09. The van der Waals surface area contributed by atoms with Gasteiger partial charge in [-0.25, -0.2) is 4.79 Å². The van der Waals surface area contributed by atoms with E-state index in [0.29, 0.717) is 29.8 Å². The molecule has 28 heavy (non-hydrogen) atoms. The van der Waals surface area contributed by atoms with Crippen LogP contribution in [0.1, 0.15) is 30.3 Å². The quantitative estimate of drug-likeness (QED) is 0.690. The number of hydrogen-bond donors (Lipinski definition) is 1. The number of carbonyl (C=O) groups excluding carboxylic acids is 1. The van der Waals surface area contributed by atoms with Crippen molar-refractivity contribution in [3.8, 4) is 11.4 Å². The number of likely N-dealkylation sites (tertiary alicyclic amines) is 1. The Balaban J connectivity index is 1.40. The zero-order valence-corrected chi connectivity index (χ0v) is 16.1. The van der Waals surface area contributed by atoms with Crippen LogP contribution in [-0.2, 0) is 6.42 Å². The maximum atomic E-state index is 12.6. The topological polar surface area (TPSA) is 71.3 Å². The van der Waals surface area contributed by atoms with Gasteiger partial charge < -0.3 is 14.7 Å². The van der Waals surface area contributed by atoms with E-state index in [1.165, 1.54) is 5.56 Å². The summed E-state index contributed by atoms with van der Waals surface area (Å²) in [6, 6.07) is 17.1. The highest BCUT2D eigenvalue weighted by Crippen LogP contribution is 2.32. The van der Waals surface area contributed by atoms with Crippen LogP contribution in [0, 0.1) is 0 Å². The first-order valence-electron chi connectivity index (χ1n) is 9.38. The van der Waals surface area contributed by atoms with Crippen molar-refractivity contribution < 1.29 is 9.32 Å². The lowest BCUT2D eigenvalue weighted by Gasteiger charge is -2.22. The molecule has 1 aromatic heterocycles. The van der Waals surface area contributed by atoms with Crippen LogP contribution < -0.4 is 5.32 Å². The van der Waals surface area contributed by atoms with Crippen molar-refractivity contribution in [1.29, 1.82) is 0 Å². The molecule has 3 aromatic rings. The summed E-state index contributed by atoms with van der Waals surface area (Å²) in [5, 5.41) is 7.68. The van der Waals surface area contributed by atoms with Gasteiger partial charge in [-0.1, -0.05) is 59.2 Å². The van der Waals surface area contributed by atoms with Crippen molar-refractivity contribution >= 4 is 17.6 Å². The lowest BCUT2D eigenvalue weighted by atomic mass is 10.1. The Bertz CT molecular complexity index is 944. The van der Waals surface area contributed by atoms with Gasteiger partial charge in [0.05, 0.1) is 0 Å². The number of halogens is 1. The number of aromatic nitrogens is 2. The van der Waals surface area contributed by atoms with E-state index >= 15 is 0 Å². The molecule has 7 heteroatoms. The van der Waals surface area contributed by atoms with Gasteiger partial charge in [-0.05, 0) is 37.0 Å². The summed E-state index contributed by atoms with van der Waals surface area (Å²) in [6.45, 7) is 1.26. The third kappa shape index (κ3) is 4.17. The van der Waals surface area contributed by atoms with Gasteiger partial charge >= 0.3 is 6.03 Å². The molecule has 1 aliphatic heterocycles. The van der Waals surface area contributed by atoms with Gasteiger partial charge in [-0.15, -0.1) is 0 Å². The predicted molar refractivity (Wildman–Crippen MR) is 107 cm³/mol. The van der Waals surface area contributed by atoms with Crippen LogP contribution in [0.25, 0.3) is 11.4 Å². The molecule has 1 atom stereocenters. The van der Waals surface area contributed by atoms with Crippen LogP contribution in [0.2, 0.25) is 5.02 Å². The highest BCUT2D eigenvalue weighted by molar-refractivity contribution is 6.30. The van der Waals surface area contributed by atoms with E-state index in [4.69, 9.17) is 16.1 Å². The van der Waals surface area contributed by atoms with Crippen LogP contribution in [-0.4, -0.2) is 34.2 Å². The second-order valence-corrected chi connectivity index (χ2v) is 7.22. The van der Waals surface area contributed by atoms with Crippen molar-refractivity contribution in [2.24, 2.45) is 0 Å². The number of benzene rings is 2. The van der Waals surface area contributed by atoms with Crippen molar-refractivity contribution in [3.05, 3.63) is 71.1 Å². The molecule has 6 nitrogen and oxygen atoms in total. The third-order valence-electron chi connectivity index (χ3n) is 4.86. The summed E-state index contributed by atoms with van der Waals surface area (Å²) in [5.41, 5.74) is 1.99. The summed E-state index contributed by atoms with van der Waals surface area (Å²) in [5.74, 6) is 0.944. The lowest BCUT2D eigenvalue weighted by Crippen LogP contribution is -2.40. The smallest absolute Gasteiger partial charge is 0.318 e. The zero-order valence-electron chi connectivity index (χ0n) is 15.3. The summed E-state index contributed by atoms with van der Waals surface area (Å²) in [4.78, 5) is 18.9. The number of nitrogens with one attached hydrogen (secondary N) is 1. The Hall–Kier alpha value is -2.86. The molecule has 1 fully saturated rings. The van der Waals surface area contributed by atoms with Gasteiger partial charge in [0.2, 0.25) is 11.7 Å². The van der Waals surface area contributed by atoms with E-state index in [-0.39, 0.29) is 12.1 Å². The highest BCUT2D eigenvalue weighted by Gasteiger charge is 2.34. The molecule has 2 aromatic carbocycles. The fourth-order valence-electron chi connectivity index (χ4n) is 3.44. The van der Waals surface area contributed by atoms with Crippen molar-refractivity contribution in [1.82, 2.24) is 20.4 Å². The van der Waals surface area contributed by atoms with Crippen LogP contribution in [0.4, 0.5) is 4.79 Å². The van der Waals surface area contributed by atoms with E-state index in [1.54, 1.807) is 17.0 Å². The van der Waals surface area contributed by atoms with E-state index in [9.17, 15) is 4.79 Å². The molecule has 1 N–H and O–H groups in total. The molecule has 0 spiro atoms. The molecule has 1 saturated heterocycles. The second-order valence-electron chi connectivity index (χ2n) is 6.79. The Morgan fingerprint density at radius 3 is 2.89 bits per heavy atom. The minimum atomic E-state index is -0.197. The molecule has 0 aliphatic carbocycles. The van der Waals surface area contributed by atoms with Gasteiger partial charge in [0, 0.05) is 23.7 Å². The molecule has 4 rings (SSSR count). The number of carbonyl (C=O) groups is 1. The van der Waals surface area contributed by atoms with Gasteiger partial charge in [-0.3, -0.25) is 0 Å². The molecule has 0 radical (unpaired) electrons. The summed E-state index contributed by atoms with van der Waals surface area (Å²) in [6.07, 6.45) is 2.51. The Kier molecular flexibility index (Phi) is 5.58. The first-order valence-corrected chi connectivity index (χ1v) is 9.76. The number of rotatable bonds is 5. The molecule has 144 valence electrons. The Morgan fingerprint density at radius 1 is 1.21 bits per heavy atom. The number of amides is 2. The standard InChI is InChI=1S/C21H21ClN4O2/c22-17-9-4-8-16(14-17)19-24-20(28-25-19)18-10-5-13-26(18)21(27)23-12-11-15-6-2-1-3-7-15/h1-4,6-9,14,18H,5,10-13H2,(H,23,27)/t18-/m1/s1. The monoisotopic (exact) mass is 396 g/mol. The Labute approximate surface area is 168 Å². The zero-order chi connectivity index (χ0) is 19.3. The highest BCUT2D eigenvalue weighted by atomic mass is 35.5. The largest absolute Gasteiger partial charge is 0.338 e. The Morgan fingerprint density at radius 2 is 2.07 bits per heavy atom. The lowest BCUT2D eigenvalue weighted by molar-refractivity contribution is 0.180. The molecule has 2 heterocycles. The van der Waals surface area contributed by atoms with Gasteiger partial charge in [0.15, 0.2) is 0 Å². The van der Waals surface area contributed by atoms with Gasteiger partial charge in [0.1, 0.15) is 6.04 Å². The maximum absolute atomic E-state index is 12.6. The minimum Gasteiger partial charge on any atom is -0.338 e. The average molecular weight is 397 g/mol. The number of nitrogens with zero attached hydrogens (tertiary/aromatic N) is 3. The van der Waals surface area contributed by atoms with E-state index in [1.807, 2.05) is 30.3 Å². The average Bonchev–Trinajstić information content (AvgIpc) is 3.38. The summed E-state index contributed by atoms with van der Waals surface area (Å²) < 4.78 is 5.47. The summed E-state index contributed by atoms with van der Waals surface area (Å²) in [7, 11) is 0. The van der Waals surface area contributed by atoms with Crippen LogP contribution >= 0.6 is 11.6 Å². The predicted octanol–water partition coefficient (Wildman–Crippen LogP) is 4.48. The maximum Gasteiger partial charge on any atom is 0.318 e. The summed E-state index contributed by atoms with van der Waals surface area (Å²) >= 11 is 6.04. The normalized spacial score (nSPS) is 16.3. The van der Waals surface area contributed by atoms with Crippen molar-refractivity contribution in [2.75, 3.05) is 13.1 Å². The molecular formula is C21H21ClN4O2. The van der Waals surface area contributed by atoms with Gasteiger partial charge in [-0.2, -0.15) is 4.98 Å². The van der Waals surface area contributed by atoms with Gasteiger partial charge in [0.25, 0.3) is 0 Å². The SMILES string of the molecule is O=C(NCCc1ccccc1)N1CCC[C@@H]1c1nc(-c2cccc(Cl)c2)no1. The molecule has 2 amide bonds. The molecule has 0 saturated carbocycles. The second kappa shape index (κ2) is 8.44. The van der Waals surface area contributed by atoms with E-state index in [2.05, 4.69) is 27.6 Å². The molecule has 0 bridgehead atoms. The number of urea groups is 1.